The Balaban J connectivity index is 1.63. The number of rotatable bonds is 4. The van der Waals surface area contributed by atoms with Crippen molar-refractivity contribution in [1.82, 2.24) is 10.2 Å². The zero-order chi connectivity index (χ0) is 13.1. The van der Waals surface area contributed by atoms with Crippen LogP contribution in [0.15, 0.2) is 29.6 Å². The Morgan fingerprint density at radius 2 is 2.21 bits per heavy atom. The Hall–Kier alpha value is -0.900. The van der Waals surface area contributed by atoms with E-state index in [0.29, 0.717) is 6.04 Å². The second kappa shape index (κ2) is 6.04. The molecule has 2 nitrogen and oxygen atoms in total. The second-order valence-corrected chi connectivity index (χ2v) is 6.51. The third kappa shape index (κ3) is 3.16. The van der Waals surface area contributed by atoms with Crippen molar-refractivity contribution in [1.29, 1.82) is 0 Å². The second-order valence-electron chi connectivity index (χ2n) is 5.60. The first kappa shape index (κ1) is 13.1. The highest BCUT2D eigenvalue weighted by atomic mass is 32.1. The van der Waals surface area contributed by atoms with E-state index in [4.69, 9.17) is 0 Å². The van der Waals surface area contributed by atoms with Crippen LogP contribution in [-0.2, 0) is 6.54 Å². The van der Waals surface area contributed by atoms with Crippen molar-refractivity contribution in [3.8, 4) is 0 Å². The van der Waals surface area contributed by atoms with Gasteiger partial charge in [0.2, 0.25) is 0 Å². The van der Waals surface area contributed by atoms with Gasteiger partial charge in [-0.15, -0.1) is 11.3 Å². The van der Waals surface area contributed by atoms with Crippen LogP contribution >= 0.6 is 11.3 Å². The Labute approximate surface area is 119 Å². The van der Waals surface area contributed by atoms with E-state index in [9.17, 15) is 0 Å². The van der Waals surface area contributed by atoms with Gasteiger partial charge in [0.1, 0.15) is 0 Å². The van der Waals surface area contributed by atoms with Gasteiger partial charge in [-0.25, -0.2) is 0 Å². The molecule has 19 heavy (non-hydrogen) atoms. The molecule has 0 amide bonds. The molecule has 1 unspecified atom stereocenters. The third-order valence-corrected chi connectivity index (χ3v) is 4.96. The van der Waals surface area contributed by atoms with Crippen LogP contribution < -0.4 is 5.32 Å². The van der Waals surface area contributed by atoms with Gasteiger partial charge >= 0.3 is 0 Å². The molecular formula is C16H22N2S. The van der Waals surface area contributed by atoms with Crippen LogP contribution in [0.5, 0.6) is 0 Å². The molecule has 1 aromatic heterocycles. The van der Waals surface area contributed by atoms with Crippen LogP contribution in [0.3, 0.4) is 0 Å². The fraction of sp³-hybridized carbons (Fsp3) is 0.500. The first-order valence-corrected chi connectivity index (χ1v) is 8.08. The molecule has 0 bridgehead atoms. The minimum atomic E-state index is 0.684. The molecule has 1 aliphatic rings. The van der Waals surface area contributed by atoms with Crippen molar-refractivity contribution in [2.24, 2.45) is 0 Å². The topological polar surface area (TPSA) is 15.3 Å². The number of hydrogen-bond donors (Lipinski definition) is 1. The van der Waals surface area contributed by atoms with Crippen LogP contribution in [0.25, 0.3) is 10.1 Å². The van der Waals surface area contributed by atoms with Gasteiger partial charge in [-0.05, 0) is 48.8 Å². The fourth-order valence-electron chi connectivity index (χ4n) is 2.97. The molecule has 2 aromatic rings. The quantitative estimate of drug-likeness (QED) is 0.918. The van der Waals surface area contributed by atoms with E-state index in [1.54, 1.807) is 0 Å². The summed E-state index contributed by atoms with van der Waals surface area (Å²) in [4.78, 5) is 2.46. The van der Waals surface area contributed by atoms with E-state index in [0.717, 1.165) is 13.1 Å². The lowest BCUT2D eigenvalue weighted by Gasteiger charge is -2.28. The smallest absolute Gasteiger partial charge is 0.0346 e. The largest absolute Gasteiger partial charge is 0.313 e. The number of likely N-dealkylation sites (N-methyl/N-ethyl adjacent to an activating group) is 1. The minimum Gasteiger partial charge on any atom is -0.313 e. The summed E-state index contributed by atoms with van der Waals surface area (Å²) >= 11 is 1.86. The number of thiophene rings is 1. The Morgan fingerprint density at radius 1 is 1.32 bits per heavy atom. The Bertz CT molecular complexity index is 528. The van der Waals surface area contributed by atoms with Gasteiger partial charge in [0.05, 0.1) is 0 Å². The number of piperidine rings is 1. The maximum absolute atomic E-state index is 3.63. The average molecular weight is 274 g/mol. The predicted octanol–water partition coefficient (Wildman–Crippen LogP) is 3.48. The fourth-order valence-corrected chi connectivity index (χ4v) is 3.92. The van der Waals surface area contributed by atoms with Gasteiger partial charge in [-0.2, -0.15) is 0 Å². The maximum Gasteiger partial charge on any atom is 0.0346 e. The number of nitrogens with zero attached hydrogens (tertiary/aromatic N) is 1. The lowest BCUT2D eigenvalue weighted by Crippen LogP contribution is -2.42. The van der Waals surface area contributed by atoms with Crippen LogP contribution in [0.4, 0.5) is 0 Å². The molecule has 1 saturated heterocycles. The van der Waals surface area contributed by atoms with Crippen LogP contribution in [0, 0.1) is 0 Å². The molecule has 102 valence electrons. The predicted molar refractivity (Wildman–Crippen MR) is 83.8 cm³/mol. The summed E-state index contributed by atoms with van der Waals surface area (Å²) in [6.45, 7) is 3.41. The van der Waals surface area contributed by atoms with Crippen LogP contribution in [0.1, 0.15) is 24.8 Å². The Kier molecular flexibility index (Phi) is 4.16. The van der Waals surface area contributed by atoms with Crippen molar-refractivity contribution in [3.63, 3.8) is 0 Å². The summed E-state index contributed by atoms with van der Waals surface area (Å²) < 4.78 is 1.40. The molecule has 2 heterocycles. The molecular weight excluding hydrogens is 252 g/mol. The summed E-state index contributed by atoms with van der Waals surface area (Å²) in [5.74, 6) is 0. The zero-order valence-electron chi connectivity index (χ0n) is 11.6. The molecule has 1 aromatic carbocycles. The number of nitrogens with one attached hydrogen (secondary N) is 1. The first-order valence-electron chi connectivity index (χ1n) is 7.20. The van der Waals surface area contributed by atoms with E-state index in [1.165, 1.54) is 41.5 Å². The zero-order valence-corrected chi connectivity index (χ0v) is 12.4. The lowest BCUT2D eigenvalue weighted by atomic mass is 10.0. The molecule has 0 aliphatic carbocycles. The van der Waals surface area contributed by atoms with Crippen molar-refractivity contribution < 1.29 is 0 Å². The molecule has 1 N–H and O–H groups in total. The average Bonchev–Trinajstić information content (AvgIpc) is 2.83. The summed E-state index contributed by atoms with van der Waals surface area (Å²) in [6.07, 6.45) is 4.05. The molecule has 3 rings (SSSR count). The number of fused-ring (bicyclic) bond motifs is 1. The van der Waals surface area contributed by atoms with Crippen molar-refractivity contribution >= 4 is 21.4 Å². The van der Waals surface area contributed by atoms with Gasteiger partial charge in [0.15, 0.2) is 0 Å². The summed E-state index contributed by atoms with van der Waals surface area (Å²) in [5, 5.41) is 7.37. The highest BCUT2D eigenvalue weighted by Crippen LogP contribution is 2.26. The van der Waals surface area contributed by atoms with Crippen molar-refractivity contribution in [2.75, 3.05) is 20.1 Å². The first-order chi connectivity index (χ1) is 9.33. The molecule has 0 radical (unpaired) electrons. The van der Waals surface area contributed by atoms with Gasteiger partial charge in [-0.1, -0.05) is 24.6 Å². The standard InChI is InChI=1S/C16H22N2S/c1-18(11-14-6-4-5-9-17-14)10-13-12-19-16-8-3-2-7-15(13)16/h2-3,7-8,12,14,17H,4-6,9-11H2,1H3. The van der Waals surface area contributed by atoms with Gasteiger partial charge in [0, 0.05) is 23.8 Å². The number of benzene rings is 1. The maximum atomic E-state index is 3.63. The van der Waals surface area contributed by atoms with E-state index >= 15 is 0 Å². The van der Waals surface area contributed by atoms with Crippen molar-refractivity contribution in [2.45, 2.75) is 31.8 Å². The SMILES string of the molecule is CN(Cc1csc2ccccc12)CC1CCCCN1. The summed E-state index contributed by atoms with van der Waals surface area (Å²) in [7, 11) is 2.24. The van der Waals surface area contributed by atoms with Crippen LogP contribution in [0.2, 0.25) is 0 Å². The van der Waals surface area contributed by atoms with Gasteiger partial charge < -0.3 is 10.2 Å². The van der Waals surface area contributed by atoms with E-state index < -0.39 is 0 Å². The van der Waals surface area contributed by atoms with E-state index in [2.05, 4.69) is 46.9 Å². The minimum absolute atomic E-state index is 0.684. The third-order valence-electron chi connectivity index (χ3n) is 3.95. The molecule has 1 fully saturated rings. The van der Waals surface area contributed by atoms with Gasteiger partial charge in [-0.3, -0.25) is 0 Å². The molecule has 1 atom stereocenters. The number of hydrogen-bond acceptors (Lipinski definition) is 3. The highest BCUT2D eigenvalue weighted by Gasteiger charge is 2.15. The van der Waals surface area contributed by atoms with Crippen LogP contribution in [-0.4, -0.2) is 31.1 Å². The highest BCUT2D eigenvalue weighted by molar-refractivity contribution is 7.17. The molecule has 3 heteroatoms. The lowest BCUT2D eigenvalue weighted by molar-refractivity contribution is 0.257. The van der Waals surface area contributed by atoms with E-state index in [-0.39, 0.29) is 0 Å². The Morgan fingerprint density at radius 3 is 3.05 bits per heavy atom. The van der Waals surface area contributed by atoms with E-state index in [1.807, 2.05) is 11.3 Å². The molecule has 1 aliphatic heterocycles. The van der Waals surface area contributed by atoms with Crippen molar-refractivity contribution in [3.05, 3.63) is 35.2 Å². The summed E-state index contributed by atoms with van der Waals surface area (Å²) in [5.41, 5.74) is 1.47. The molecule has 0 saturated carbocycles. The normalized spacial score (nSPS) is 20.2. The summed E-state index contributed by atoms with van der Waals surface area (Å²) in [6, 6.07) is 9.41. The monoisotopic (exact) mass is 274 g/mol. The molecule has 0 spiro atoms. The van der Waals surface area contributed by atoms with Gasteiger partial charge in [0.25, 0.3) is 0 Å².